The van der Waals surface area contributed by atoms with Crippen LogP contribution in [0.25, 0.3) is 5.65 Å². The zero-order valence-electron chi connectivity index (χ0n) is 12.1. The van der Waals surface area contributed by atoms with Crippen LogP contribution < -0.4 is 5.32 Å². The number of aryl methyl sites for hydroxylation is 1. The molecule has 1 aliphatic rings. The largest absolute Gasteiger partial charge is 0.370 e. The summed E-state index contributed by atoms with van der Waals surface area (Å²) in [4.78, 5) is 4.55. The Morgan fingerprint density at radius 2 is 2.33 bits per heavy atom. The normalized spacial score (nSPS) is 20.9. The summed E-state index contributed by atoms with van der Waals surface area (Å²) >= 11 is 0. The molecule has 0 aliphatic carbocycles. The lowest BCUT2D eigenvalue weighted by Crippen LogP contribution is -2.17. The standard InChI is InChI=1S/C14H20N4O2S/c1-2-3-12-8-14(18-13(17-12)4-6-16-18)15-9-11-5-7-21(19,20)10-11/h4,6,8,11,15H,2-3,5,7,9-10H2,1H3/t11-/m0/s1. The number of rotatable bonds is 5. The number of fused-ring (bicyclic) bond motifs is 1. The number of hydrogen-bond donors (Lipinski definition) is 1. The molecule has 1 atom stereocenters. The monoisotopic (exact) mass is 308 g/mol. The van der Waals surface area contributed by atoms with Crippen LogP contribution in [0.5, 0.6) is 0 Å². The van der Waals surface area contributed by atoms with Gasteiger partial charge in [-0.15, -0.1) is 0 Å². The van der Waals surface area contributed by atoms with Crippen molar-refractivity contribution in [3.05, 3.63) is 24.0 Å². The second kappa shape index (κ2) is 5.63. The van der Waals surface area contributed by atoms with Crippen molar-refractivity contribution in [1.29, 1.82) is 0 Å². The zero-order valence-corrected chi connectivity index (χ0v) is 12.9. The predicted molar refractivity (Wildman–Crippen MR) is 82.2 cm³/mol. The van der Waals surface area contributed by atoms with E-state index in [1.54, 1.807) is 10.7 Å². The van der Waals surface area contributed by atoms with Crippen molar-refractivity contribution in [2.75, 3.05) is 23.4 Å². The van der Waals surface area contributed by atoms with E-state index in [4.69, 9.17) is 0 Å². The number of aromatic nitrogens is 3. The Morgan fingerprint density at radius 3 is 3.05 bits per heavy atom. The third kappa shape index (κ3) is 3.18. The first-order valence-electron chi connectivity index (χ1n) is 7.35. The third-order valence-corrected chi connectivity index (χ3v) is 5.65. The van der Waals surface area contributed by atoms with E-state index < -0.39 is 9.84 Å². The van der Waals surface area contributed by atoms with E-state index in [1.165, 1.54) is 0 Å². The summed E-state index contributed by atoms with van der Waals surface area (Å²) in [6, 6.07) is 3.89. The van der Waals surface area contributed by atoms with Crippen molar-refractivity contribution in [3.8, 4) is 0 Å². The zero-order chi connectivity index (χ0) is 14.9. The highest BCUT2D eigenvalue weighted by Gasteiger charge is 2.27. The van der Waals surface area contributed by atoms with Crippen LogP contribution in [-0.4, -0.2) is 41.1 Å². The van der Waals surface area contributed by atoms with Crippen LogP contribution in [0.15, 0.2) is 18.3 Å². The Balaban J connectivity index is 1.78. The van der Waals surface area contributed by atoms with Crippen molar-refractivity contribution >= 4 is 21.3 Å². The van der Waals surface area contributed by atoms with Crippen LogP contribution in [0.3, 0.4) is 0 Å². The fourth-order valence-electron chi connectivity index (χ4n) is 2.76. The number of hydrogen-bond acceptors (Lipinski definition) is 5. The first-order valence-corrected chi connectivity index (χ1v) is 9.17. The fourth-order valence-corrected chi connectivity index (χ4v) is 4.62. The predicted octanol–water partition coefficient (Wildman–Crippen LogP) is 1.53. The van der Waals surface area contributed by atoms with Crippen molar-refractivity contribution < 1.29 is 8.42 Å². The molecule has 1 N–H and O–H groups in total. The summed E-state index contributed by atoms with van der Waals surface area (Å²) in [7, 11) is -2.82. The van der Waals surface area contributed by atoms with E-state index >= 15 is 0 Å². The SMILES string of the molecule is CCCc1cc(NC[C@@H]2CCS(=O)(=O)C2)n2nccc2n1. The molecule has 0 radical (unpaired) electrons. The molecule has 1 saturated heterocycles. The Labute approximate surface area is 124 Å². The van der Waals surface area contributed by atoms with Crippen LogP contribution in [0, 0.1) is 5.92 Å². The van der Waals surface area contributed by atoms with Gasteiger partial charge in [-0.3, -0.25) is 0 Å². The van der Waals surface area contributed by atoms with Crippen molar-refractivity contribution in [2.24, 2.45) is 5.92 Å². The van der Waals surface area contributed by atoms with Crippen LogP contribution in [0.2, 0.25) is 0 Å². The maximum atomic E-state index is 11.5. The molecule has 6 nitrogen and oxygen atoms in total. The van der Waals surface area contributed by atoms with E-state index in [2.05, 4.69) is 22.3 Å². The fraction of sp³-hybridized carbons (Fsp3) is 0.571. The van der Waals surface area contributed by atoms with E-state index in [-0.39, 0.29) is 11.7 Å². The second-order valence-electron chi connectivity index (χ2n) is 5.63. The molecule has 2 aromatic rings. The minimum absolute atomic E-state index is 0.184. The molecule has 1 aliphatic heterocycles. The molecule has 3 heterocycles. The van der Waals surface area contributed by atoms with Gasteiger partial charge in [0, 0.05) is 24.4 Å². The topological polar surface area (TPSA) is 76.4 Å². The Kier molecular flexibility index (Phi) is 3.84. The second-order valence-corrected chi connectivity index (χ2v) is 7.86. The molecule has 0 amide bonds. The minimum Gasteiger partial charge on any atom is -0.370 e. The van der Waals surface area contributed by atoms with Gasteiger partial charge in [-0.25, -0.2) is 13.4 Å². The average Bonchev–Trinajstić information content (AvgIpc) is 3.02. The Bertz CT molecular complexity index is 739. The van der Waals surface area contributed by atoms with Gasteiger partial charge >= 0.3 is 0 Å². The quantitative estimate of drug-likeness (QED) is 0.906. The van der Waals surface area contributed by atoms with Gasteiger partial charge in [0.25, 0.3) is 0 Å². The van der Waals surface area contributed by atoms with Crippen LogP contribution in [-0.2, 0) is 16.3 Å². The first kappa shape index (κ1) is 14.3. The highest BCUT2D eigenvalue weighted by molar-refractivity contribution is 7.91. The van der Waals surface area contributed by atoms with Gasteiger partial charge in [-0.1, -0.05) is 13.3 Å². The van der Waals surface area contributed by atoms with Gasteiger partial charge in [-0.2, -0.15) is 9.61 Å². The van der Waals surface area contributed by atoms with Crippen molar-refractivity contribution in [1.82, 2.24) is 14.6 Å². The van der Waals surface area contributed by atoms with E-state index in [0.717, 1.165) is 36.4 Å². The lowest BCUT2D eigenvalue weighted by atomic mass is 10.1. The van der Waals surface area contributed by atoms with Gasteiger partial charge in [-0.05, 0) is 18.8 Å². The van der Waals surface area contributed by atoms with E-state index in [9.17, 15) is 8.42 Å². The Hall–Kier alpha value is -1.63. The van der Waals surface area contributed by atoms with E-state index in [1.807, 2.05) is 12.1 Å². The van der Waals surface area contributed by atoms with Gasteiger partial charge in [0.05, 0.1) is 17.7 Å². The maximum Gasteiger partial charge on any atom is 0.157 e. The molecule has 7 heteroatoms. The van der Waals surface area contributed by atoms with Crippen LogP contribution in [0.1, 0.15) is 25.5 Å². The summed E-state index contributed by atoms with van der Waals surface area (Å²) < 4.78 is 24.8. The highest BCUT2D eigenvalue weighted by atomic mass is 32.2. The average molecular weight is 308 g/mol. The number of nitrogens with one attached hydrogen (secondary N) is 1. The van der Waals surface area contributed by atoms with E-state index in [0.29, 0.717) is 12.3 Å². The smallest absolute Gasteiger partial charge is 0.157 e. The minimum atomic E-state index is -2.82. The molecule has 0 aromatic carbocycles. The number of nitrogens with zero attached hydrogens (tertiary/aromatic N) is 3. The van der Waals surface area contributed by atoms with Crippen molar-refractivity contribution in [2.45, 2.75) is 26.2 Å². The molecular formula is C14H20N4O2S. The first-order chi connectivity index (χ1) is 10.1. The molecule has 0 unspecified atom stereocenters. The summed E-state index contributed by atoms with van der Waals surface area (Å²) in [6.45, 7) is 2.78. The molecule has 3 rings (SSSR count). The third-order valence-electron chi connectivity index (χ3n) is 3.82. The molecule has 0 saturated carbocycles. The van der Waals surface area contributed by atoms with Gasteiger partial charge in [0.1, 0.15) is 5.82 Å². The summed E-state index contributed by atoms with van der Waals surface area (Å²) in [5, 5.41) is 7.62. The summed E-state index contributed by atoms with van der Waals surface area (Å²) in [6.07, 6.45) is 4.43. The van der Waals surface area contributed by atoms with Crippen LogP contribution >= 0.6 is 0 Å². The lowest BCUT2D eigenvalue weighted by Gasteiger charge is -2.13. The van der Waals surface area contributed by atoms with Gasteiger partial charge in [0.15, 0.2) is 15.5 Å². The molecule has 21 heavy (non-hydrogen) atoms. The lowest BCUT2D eigenvalue weighted by molar-refractivity contribution is 0.595. The van der Waals surface area contributed by atoms with Crippen LogP contribution in [0.4, 0.5) is 5.82 Å². The Morgan fingerprint density at radius 1 is 1.48 bits per heavy atom. The van der Waals surface area contributed by atoms with Gasteiger partial charge in [0.2, 0.25) is 0 Å². The molecule has 114 valence electrons. The summed E-state index contributed by atoms with van der Waals surface area (Å²) in [5.74, 6) is 1.67. The summed E-state index contributed by atoms with van der Waals surface area (Å²) in [5.41, 5.74) is 1.86. The molecule has 0 bridgehead atoms. The number of anilines is 1. The molecule has 0 spiro atoms. The van der Waals surface area contributed by atoms with Gasteiger partial charge < -0.3 is 5.32 Å². The van der Waals surface area contributed by atoms with Crippen molar-refractivity contribution in [3.63, 3.8) is 0 Å². The number of sulfone groups is 1. The highest BCUT2D eigenvalue weighted by Crippen LogP contribution is 2.20. The molecule has 2 aromatic heterocycles. The maximum absolute atomic E-state index is 11.5. The molecular weight excluding hydrogens is 288 g/mol. The molecule has 1 fully saturated rings.